The summed E-state index contributed by atoms with van der Waals surface area (Å²) in [6.45, 7) is 2.54. The van der Waals surface area contributed by atoms with Crippen molar-refractivity contribution < 1.29 is 19.4 Å². The van der Waals surface area contributed by atoms with Gasteiger partial charge < -0.3 is 15.2 Å². The molecule has 0 aromatic rings. The molecule has 4 atom stereocenters. The molecule has 2 aliphatic rings. The van der Waals surface area contributed by atoms with Crippen molar-refractivity contribution in [2.75, 3.05) is 6.61 Å². The van der Waals surface area contributed by atoms with Gasteiger partial charge in [-0.1, -0.05) is 19.3 Å². The monoisotopic (exact) mass is 269 g/mol. The second-order valence-corrected chi connectivity index (χ2v) is 5.53. The molecule has 0 aromatic heterocycles. The number of carbonyl (C=O) groups is 2. The lowest BCUT2D eigenvalue weighted by Gasteiger charge is -2.22. The molecule has 0 aromatic carbocycles. The number of aliphatic carboxylic acids is 1. The second-order valence-electron chi connectivity index (χ2n) is 5.53. The van der Waals surface area contributed by atoms with E-state index in [0.29, 0.717) is 13.0 Å². The van der Waals surface area contributed by atoms with Crippen LogP contribution in [-0.4, -0.2) is 35.7 Å². The van der Waals surface area contributed by atoms with Gasteiger partial charge in [-0.3, -0.25) is 9.59 Å². The number of hydrogen-bond acceptors (Lipinski definition) is 3. The molecule has 1 amide bonds. The molecular weight excluding hydrogens is 246 g/mol. The Morgan fingerprint density at radius 1 is 1.21 bits per heavy atom. The number of carboxylic acid groups (broad SMARTS) is 1. The largest absolute Gasteiger partial charge is 0.481 e. The molecular formula is C14H23NO4. The second kappa shape index (κ2) is 6.37. The van der Waals surface area contributed by atoms with Gasteiger partial charge in [0.1, 0.15) is 0 Å². The van der Waals surface area contributed by atoms with Crippen LogP contribution in [-0.2, 0) is 14.3 Å². The number of amides is 1. The fourth-order valence-corrected chi connectivity index (χ4v) is 2.91. The SMILES string of the molecule is CCOC1CC1C(=O)N[C@H]1CCCCC[C@H]1C(=O)O. The van der Waals surface area contributed by atoms with Gasteiger partial charge in [0.05, 0.1) is 17.9 Å². The summed E-state index contributed by atoms with van der Waals surface area (Å²) in [5.41, 5.74) is 0. The normalized spacial score (nSPS) is 34.4. The highest BCUT2D eigenvalue weighted by molar-refractivity contribution is 5.83. The molecule has 2 aliphatic carbocycles. The maximum Gasteiger partial charge on any atom is 0.308 e. The molecule has 2 N–H and O–H groups in total. The maximum absolute atomic E-state index is 12.1. The van der Waals surface area contributed by atoms with Gasteiger partial charge in [0.2, 0.25) is 5.91 Å². The van der Waals surface area contributed by atoms with Crippen LogP contribution in [0.4, 0.5) is 0 Å². The number of hydrogen-bond donors (Lipinski definition) is 2. The standard InChI is InChI=1S/C14H23NO4/c1-2-19-12-8-10(12)13(16)15-11-7-5-3-4-6-9(11)14(17)18/h9-12H,2-8H2,1H3,(H,15,16)(H,17,18)/t9-,10?,11+,12?/m1/s1. The van der Waals surface area contributed by atoms with E-state index in [9.17, 15) is 14.7 Å². The summed E-state index contributed by atoms with van der Waals surface area (Å²) in [4.78, 5) is 23.3. The quantitative estimate of drug-likeness (QED) is 0.743. The Hall–Kier alpha value is -1.10. The summed E-state index contributed by atoms with van der Waals surface area (Å²) < 4.78 is 5.40. The van der Waals surface area contributed by atoms with Crippen molar-refractivity contribution in [3.05, 3.63) is 0 Å². The first-order valence-corrected chi connectivity index (χ1v) is 7.28. The van der Waals surface area contributed by atoms with E-state index in [0.717, 1.165) is 32.1 Å². The minimum absolute atomic E-state index is 0.0309. The smallest absolute Gasteiger partial charge is 0.308 e. The van der Waals surface area contributed by atoms with E-state index in [-0.39, 0.29) is 24.0 Å². The van der Waals surface area contributed by atoms with Gasteiger partial charge in [0.15, 0.2) is 0 Å². The molecule has 0 spiro atoms. The van der Waals surface area contributed by atoms with Gasteiger partial charge in [-0.15, -0.1) is 0 Å². The third-order valence-corrected chi connectivity index (χ3v) is 4.11. The minimum atomic E-state index is -0.788. The molecule has 2 saturated carbocycles. The average molecular weight is 269 g/mol. The molecule has 2 unspecified atom stereocenters. The number of carboxylic acids is 1. The highest BCUT2D eigenvalue weighted by Crippen LogP contribution is 2.34. The van der Waals surface area contributed by atoms with E-state index < -0.39 is 11.9 Å². The van der Waals surface area contributed by atoms with Crippen molar-refractivity contribution in [1.82, 2.24) is 5.32 Å². The van der Waals surface area contributed by atoms with Crippen LogP contribution >= 0.6 is 0 Å². The maximum atomic E-state index is 12.1. The lowest BCUT2D eigenvalue weighted by molar-refractivity contribution is -0.143. The fourth-order valence-electron chi connectivity index (χ4n) is 2.91. The Morgan fingerprint density at radius 3 is 2.63 bits per heavy atom. The van der Waals surface area contributed by atoms with Crippen molar-refractivity contribution in [2.45, 2.75) is 57.6 Å². The van der Waals surface area contributed by atoms with Crippen LogP contribution in [0.1, 0.15) is 45.4 Å². The van der Waals surface area contributed by atoms with E-state index in [1.807, 2.05) is 6.92 Å². The molecule has 0 bridgehead atoms. The Balaban J connectivity index is 1.88. The van der Waals surface area contributed by atoms with Gasteiger partial charge in [0.25, 0.3) is 0 Å². The zero-order valence-electron chi connectivity index (χ0n) is 11.4. The van der Waals surface area contributed by atoms with Gasteiger partial charge in [-0.2, -0.15) is 0 Å². The van der Waals surface area contributed by atoms with Crippen LogP contribution in [0, 0.1) is 11.8 Å². The summed E-state index contributed by atoms with van der Waals surface area (Å²) in [6, 6.07) is -0.213. The van der Waals surface area contributed by atoms with Crippen LogP contribution in [0.2, 0.25) is 0 Å². The molecule has 5 nitrogen and oxygen atoms in total. The van der Waals surface area contributed by atoms with Crippen molar-refractivity contribution in [3.8, 4) is 0 Å². The van der Waals surface area contributed by atoms with E-state index >= 15 is 0 Å². The number of rotatable bonds is 5. The van der Waals surface area contributed by atoms with Crippen LogP contribution in [0.3, 0.4) is 0 Å². The zero-order chi connectivity index (χ0) is 13.8. The third kappa shape index (κ3) is 3.69. The number of ether oxygens (including phenoxy) is 1. The van der Waals surface area contributed by atoms with Crippen LogP contribution in [0.5, 0.6) is 0 Å². The lowest BCUT2D eigenvalue weighted by atomic mass is 9.94. The van der Waals surface area contributed by atoms with Crippen molar-refractivity contribution in [3.63, 3.8) is 0 Å². The predicted molar refractivity (Wildman–Crippen MR) is 69.7 cm³/mol. The summed E-state index contributed by atoms with van der Waals surface area (Å²) in [6.07, 6.45) is 5.24. The van der Waals surface area contributed by atoms with E-state index in [1.54, 1.807) is 0 Å². The van der Waals surface area contributed by atoms with Gasteiger partial charge in [-0.05, 0) is 26.2 Å². The van der Waals surface area contributed by atoms with Crippen LogP contribution < -0.4 is 5.32 Å². The van der Waals surface area contributed by atoms with E-state index in [1.165, 1.54) is 0 Å². The summed E-state index contributed by atoms with van der Waals surface area (Å²) in [5, 5.41) is 12.2. The topological polar surface area (TPSA) is 75.6 Å². The molecule has 0 heterocycles. The van der Waals surface area contributed by atoms with E-state index in [4.69, 9.17) is 4.74 Å². The first-order valence-electron chi connectivity index (χ1n) is 7.28. The lowest BCUT2D eigenvalue weighted by Crippen LogP contribution is -2.43. The molecule has 0 aliphatic heterocycles. The fraction of sp³-hybridized carbons (Fsp3) is 0.857. The summed E-state index contributed by atoms with van der Waals surface area (Å²) in [5.74, 6) is -1.32. The highest BCUT2D eigenvalue weighted by atomic mass is 16.5. The Morgan fingerprint density at radius 2 is 1.95 bits per heavy atom. The van der Waals surface area contributed by atoms with Crippen molar-refractivity contribution in [1.29, 1.82) is 0 Å². The highest BCUT2D eigenvalue weighted by Gasteiger charge is 2.45. The number of nitrogens with one attached hydrogen (secondary N) is 1. The Bertz CT molecular complexity index is 344. The first kappa shape index (κ1) is 14.3. The molecule has 5 heteroatoms. The van der Waals surface area contributed by atoms with E-state index in [2.05, 4.69) is 5.32 Å². The van der Waals surface area contributed by atoms with Crippen molar-refractivity contribution >= 4 is 11.9 Å². The number of carbonyl (C=O) groups excluding carboxylic acids is 1. The minimum Gasteiger partial charge on any atom is -0.481 e. The zero-order valence-corrected chi connectivity index (χ0v) is 11.4. The molecule has 2 rings (SSSR count). The Kier molecular flexibility index (Phi) is 4.80. The Labute approximate surface area is 113 Å². The predicted octanol–water partition coefficient (Wildman–Crippen LogP) is 1.56. The van der Waals surface area contributed by atoms with Gasteiger partial charge in [-0.25, -0.2) is 0 Å². The molecule has 0 radical (unpaired) electrons. The molecule has 0 saturated heterocycles. The van der Waals surface area contributed by atoms with Crippen LogP contribution in [0.15, 0.2) is 0 Å². The summed E-state index contributed by atoms with van der Waals surface area (Å²) >= 11 is 0. The molecule has 108 valence electrons. The molecule has 19 heavy (non-hydrogen) atoms. The van der Waals surface area contributed by atoms with Gasteiger partial charge in [0, 0.05) is 12.6 Å². The molecule has 2 fully saturated rings. The summed E-state index contributed by atoms with van der Waals surface area (Å²) in [7, 11) is 0. The first-order chi connectivity index (χ1) is 9.13. The van der Waals surface area contributed by atoms with Crippen molar-refractivity contribution in [2.24, 2.45) is 11.8 Å². The van der Waals surface area contributed by atoms with Gasteiger partial charge >= 0.3 is 5.97 Å². The average Bonchev–Trinajstić information content (AvgIpc) is 3.13. The van der Waals surface area contributed by atoms with Crippen LogP contribution in [0.25, 0.3) is 0 Å². The third-order valence-electron chi connectivity index (χ3n) is 4.11.